The summed E-state index contributed by atoms with van der Waals surface area (Å²) in [6.07, 6.45) is -0.321. The van der Waals surface area contributed by atoms with E-state index in [0.29, 0.717) is 0 Å². The first-order valence-electron chi connectivity index (χ1n) is 19.1. The summed E-state index contributed by atoms with van der Waals surface area (Å²) in [5.74, 6) is -52.2. The summed E-state index contributed by atoms with van der Waals surface area (Å²) in [6, 6.07) is 6.80. The lowest BCUT2D eigenvalue weighted by Gasteiger charge is -2.24. The molecule has 8 bridgehead atoms. The summed E-state index contributed by atoms with van der Waals surface area (Å²) in [5.41, 5.74) is -27.0. The zero-order valence-corrected chi connectivity index (χ0v) is 33.2. The minimum Gasteiger partial charge on any atom is -0.478 e. The van der Waals surface area contributed by atoms with Gasteiger partial charge in [-0.25, -0.2) is 88.8 Å². The van der Waals surface area contributed by atoms with Crippen molar-refractivity contribution in [3.05, 3.63) is 158 Å². The molecule has 4 aromatic carbocycles. The van der Waals surface area contributed by atoms with E-state index in [1.54, 1.807) is 9.97 Å². The fourth-order valence-corrected chi connectivity index (χ4v) is 8.28. The van der Waals surface area contributed by atoms with Crippen LogP contribution in [-0.2, 0) is 6.42 Å². The predicted octanol–water partition coefficient (Wildman–Crippen LogP) is 13.9. The number of nitrogens with zero attached hydrogens (tertiary/aromatic N) is 1. The Kier molecular flexibility index (Phi) is 10.1. The van der Waals surface area contributed by atoms with Gasteiger partial charge in [-0.05, 0) is 11.6 Å². The monoisotopic (exact) mass is 998 g/mol. The van der Waals surface area contributed by atoms with Crippen molar-refractivity contribution in [2.24, 2.45) is 0 Å². The first-order valence-corrected chi connectivity index (χ1v) is 19.1. The van der Waals surface area contributed by atoms with E-state index in [-0.39, 0.29) is 17.5 Å². The smallest absolute Gasteiger partial charge is 0.339 e. The number of ether oxygens (including phenoxy) is 1. The Bertz CT molecular complexity index is 3870. The molecule has 70 heavy (non-hydrogen) atoms. The first kappa shape index (κ1) is 45.4. The van der Waals surface area contributed by atoms with Crippen LogP contribution in [0.15, 0.2) is 36.4 Å². The molecule has 4 N–H and O–H groups in total. The standard InChI is InChI=1S/C45H12F18N4O3/c46-17-13(18(47)22(51)25(54)21(17)50)15-37-29(58)27(56)35(64-37)12(10-5-1-3-8-7-9-4-2-6-11(45(68)69)44(9)70-43(8)10)36-28(57)30(59)38(65-36)16(14-19(48)23(52)26(55)24(53)20(14)49)40-32(61)34(63)42(67-40)41-33(62)31(60)39(15)66-41/h1-6,64-66H,7H2,(H,68,69). The maximum Gasteiger partial charge on any atom is 0.339 e. The van der Waals surface area contributed by atoms with Crippen LogP contribution in [0.25, 0.3) is 78.1 Å². The van der Waals surface area contributed by atoms with E-state index in [2.05, 4.69) is 4.98 Å². The second kappa shape index (κ2) is 15.6. The molecule has 2 aliphatic rings. The van der Waals surface area contributed by atoms with Gasteiger partial charge < -0.3 is 24.8 Å². The number of hydrogen-bond acceptors (Lipinski definition) is 3. The van der Waals surface area contributed by atoms with Crippen LogP contribution in [-0.4, -0.2) is 31.0 Å². The highest BCUT2D eigenvalue weighted by atomic mass is 19.2. The predicted molar refractivity (Wildman–Crippen MR) is 207 cm³/mol. The molecule has 0 unspecified atom stereocenters. The summed E-state index contributed by atoms with van der Waals surface area (Å²) < 4.78 is 290. The Morgan fingerprint density at radius 3 is 1.27 bits per heavy atom. The van der Waals surface area contributed by atoms with E-state index in [9.17, 15) is 36.2 Å². The zero-order valence-electron chi connectivity index (χ0n) is 33.2. The fraction of sp³-hybridized carbons (Fsp3) is 0.0222. The molecule has 356 valence electrons. The molecule has 4 aromatic heterocycles. The summed E-state index contributed by atoms with van der Waals surface area (Å²) >= 11 is 0. The van der Waals surface area contributed by atoms with Gasteiger partial charge in [-0.3, -0.25) is 0 Å². The van der Waals surface area contributed by atoms with Crippen LogP contribution in [0.5, 0.6) is 11.5 Å². The average Bonchev–Trinajstić information content (AvgIpc) is 4.00. The summed E-state index contributed by atoms with van der Waals surface area (Å²) in [5, 5.41) is 9.93. The molecule has 0 saturated heterocycles. The van der Waals surface area contributed by atoms with Crippen molar-refractivity contribution in [2.45, 2.75) is 6.42 Å². The second-order valence-corrected chi connectivity index (χ2v) is 15.1. The molecule has 2 aliphatic heterocycles. The fourth-order valence-electron chi connectivity index (χ4n) is 8.28. The summed E-state index contributed by atoms with van der Waals surface area (Å²) in [7, 11) is 0. The molecule has 6 heterocycles. The second-order valence-electron chi connectivity index (χ2n) is 15.1. The van der Waals surface area contributed by atoms with Crippen LogP contribution in [0, 0.1) is 93.1 Å². The summed E-state index contributed by atoms with van der Waals surface area (Å²) in [4.78, 5) is 20.6. The lowest BCUT2D eigenvalue weighted by molar-refractivity contribution is 0.0693. The van der Waals surface area contributed by atoms with Crippen molar-refractivity contribution >= 4 is 50.7 Å². The molecule has 0 radical (unpaired) electrons. The Morgan fingerprint density at radius 2 is 0.786 bits per heavy atom. The van der Waals surface area contributed by atoms with Crippen LogP contribution in [0.2, 0.25) is 0 Å². The number of benzene rings is 4. The van der Waals surface area contributed by atoms with Gasteiger partial charge in [0.25, 0.3) is 0 Å². The van der Waals surface area contributed by atoms with Crippen LogP contribution in [0.1, 0.15) is 32.9 Å². The van der Waals surface area contributed by atoms with E-state index in [0.717, 1.165) is 18.2 Å². The van der Waals surface area contributed by atoms with Gasteiger partial charge in [-0.1, -0.05) is 30.3 Å². The minimum absolute atomic E-state index is 0.0546. The maximum atomic E-state index is 17.0. The number of aromatic carboxylic acids is 1. The molecular weight excluding hydrogens is 986 g/mol. The highest BCUT2D eigenvalue weighted by Gasteiger charge is 2.38. The minimum atomic E-state index is -2.94. The molecule has 0 amide bonds. The molecule has 0 fully saturated rings. The quantitative estimate of drug-likeness (QED) is 0.0800. The third-order valence-corrected chi connectivity index (χ3v) is 11.4. The Hall–Kier alpha value is -8.38. The SMILES string of the molecule is O=C(O)c1cccc2c1Oc1c(cccc1-c1c3[nH]c(c(F)c3F)c(-c3c(F)c(F)c(F)c(F)c3F)c3nc(c4[nH]c(c(F)c4F)c(-c4c(F)c(F)c(F)c(F)c4F)c4[nH]c1c(F)c4F)C(F)=C3F)C2. The maximum absolute atomic E-state index is 17.0. The molecule has 8 aromatic rings. The third kappa shape index (κ3) is 6.08. The molecule has 7 nitrogen and oxygen atoms in total. The number of aromatic amines is 3. The van der Waals surface area contributed by atoms with Gasteiger partial charge in [0.1, 0.15) is 34.0 Å². The van der Waals surface area contributed by atoms with Crippen molar-refractivity contribution in [1.29, 1.82) is 0 Å². The van der Waals surface area contributed by atoms with Gasteiger partial charge in [-0.2, -0.15) is 0 Å². The van der Waals surface area contributed by atoms with Gasteiger partial charge in [0.2, 0.25) is 11.6 Å². The number of H-pyrrole nitrogens is 3. The van der Waals surface area contributed by atoms with E-state index in [1.807, 2.05) is 0 Å². The lowest BCUT2D eigenvalue weighted by Crippen LogP contribution is -2.09. The highest BCUT2D eigenvalue weighted by molar-refractivity contribution is 6.04. The highest BCUT2D eigenvalue weighted by Crippen LogP contribution is 2.50. The number of aromatic nitrogens is 4. The normalized spacial score (nSPS) is 12.8. The summed E-state index contributed by atoms with van der Waals surface area (Å²) in [6.45, 7) is 0. The average molecular weight is 999 g/mol. The van der Waals surface area contributed by atoms with Crippen LogP contribution in [0.3, 0.4) is 0 Å². The van der Waals surface area contributed by atoms with E-state index >= 15 is 52.7 Å². The van der Waals surface area contributed by atoms with Gasteiger partial charge >= 0.3 is 5.97 Å². The molecule has 10 rings (SSSR count). The number of hydrogen-bond donors (Lipinski definition) is 4. The van der Waals surface area contributed by atoms with Gasteiger partial charge in [0.15, 0.2) is 93.1 Å². The van der Waals surface area contributed by atoms with E-state index in [1.165, 1.54) is 23.2 Å². The van der Waals surface area contributed by atoms with Gasteiger partial charge in [0, 0.05) is 34.2 Å². The van der Waals surface area contributed by atoms with Crippen LogP contribution >= 0.6 is 0 Å². The van der Waals surface area contributed by atoms with E-state index < -0.39 is 206 Å². The zero-order chi connectivity index (χ0) is 50.4. The van der Waals surface area contributed by atoms with Crippen LogP contribution in [0.4, 0.5) is 79.0 Å². The number of rotatable bonds is 4. The molecule has 0 spiro atoms. The van der Waals surface area contributed by atoms with E-state index in [4.69, 9.17) is 4.74 Å². The largest absolute Gasteiger partial charge is 0.478 e. The lowest BCUT2D eigenvalue weighted by atomic mass is 9.93. The third-order valence-electron chi connectivity index (χ3n) is 11.4. The molecule has 25 heteroatoms. The molecular formula is C45H12F18N4O3. The Morgan fingerprint density at radius 1 is 0.414 bits per heavy atom. The van der Waals surface area contributed by atoms with Crippen molar-refractivity contribution < 1.29 is 93.7 Å². The number of carbonyl (C=O) groups is 1. The molecule has 0 atom stereocenters. The number of carboxylic acids is 1. The number of nitrogens with one attached hydrogen (secondary N) is 3. The van der Waals surface area contributed by atoms with Crippen molar-refractivity contribution in [1.82, 2.24) is 19.9 Å². The van der Waals surface area contributed by atoms with Crippen molar-refractivity contribution in [3.8, 4) is 44.9 Å². The van der Waals surface area contributed by atoms with Gasteiger partial charge in [-0.15, -0.1) is 0 Å². The number of halogens is 18. The van der Waals surface area contributed by atoms with Gasteiger partial charge in [0.05, 0.1) is 38.7 Å². The number of carboxylic acid groups (broad SMARTS) is 1. The van der Waals surface area contributed by atoms with Crippen molar-refractivity contribution in [2.75, 3.05) is 0 Å². The Balaban J connectivity index is 1.52. The first-order chi connectivity index (χ1) is 33.1. The molecule has 0 aliphatic carbocycles. The number of para-hydroxylation sites is 2. The topological polar surface area (TPSA) is 107 Å². The Labute approximate surface area is 372 Å². The van der Waals surface area contributed by atoms with Crippen molar-refractivity contribution in [3.63, 3.8) is 0 Å². The van der Waals surface area contributed by atoms with Crippen LogP contribution < -0.4 is 4.74 Å². The number of fused-ring (bicyclic) bond motifs is 11. The molecule has 0 saturated carbocycles.